The van der Waals surface area contributed by atoms with E-state index >= 15 is 0 Å². The van der Waals surface area contributed by atoms with E-state index in [1.807, 2.05) is 30.3 Å². The molecular weight excluding hydrogens is 380 g/mol. The molecule has 0 aliphatic carbocycles. The average Bonchev–Trinajstić information content (AvgIpc) is 3.34. The Bertz CT molecular complexity index is 894. The first-order valence-electron chi connectivity index (χ1n) is 9.19. The van der Waals surface area contributed by atoms with E-state index in [2.05, 4.69) is 10.5 Å². The number of carbonyl (C=O) groups excluding carboxylic acids is 1. The molecule has 0 radical (unpaired) electrons. The van der Waals surface area contributed by atoms with Gasteiger partial charge in [0.05, 0.1) is 18.9 Å². The molecule has 1 amide bonds. The summed E-state index contributed by atoms with van der Waals surface area (Å²) in [6.07, 6.45) is 1.32. The molecule has 2 aliphatic heterocycles. The van der Waals surface area contributed by atoms with E-state index in [0.29, 0.717) is 29.4 Å². The predicted octanol–water partition coefficient (Wildman–Crippen LogP) is 4.03. The molecular formula is C21H21ClN2O4. The molecule has 1 N–H and O–H groups in total. The molecule has 0 spiro atoms. The Morgan fingerprint density at radius 3 is 2.75 bits per heavy atom. The number of anilines is 1. The summed E-state index contributed by atoms with van der Waals surface area (Å²) in [6, 6.07) is 14.6. The summed E-state index contributed by atoms with van der Waals surface area (Å²) < 4.78 is 11.1. The molecule has 7 heteroatoms. The highest BCUT2D eigenvalue weighted by Crippen LogP contribution is 2.30. The van der Waals surface area contributed by atoms with Gasteiger partial charge in [0.15, 0.2) is 0 Å². The van der Waals surface area contributed by atoms with Gasteiger partial charge < -0.3 is 19.6 Å². The van der Waals surface area contributed by atoms with Crippen LogP contribution in [0.15, 0.2) is 53.7 Å². The molecule has 2 unspecified atom stereocenters. The van der Waals surface area contributed by atoms with Gasteiger partial charge in [-0.25, -0.2) is 0 Å². The molecule has 2 aromatic rings. The Hall–Kier alpha value is -2.57. The maximum atomic E-state index is 12.8. The monoisotopic (exact) mass is 400 g/mol. The van der Waals surface area contributed by atoms with Crippen molar-refractivity contribution < 1.29 is 19.1 Å². The molecule has 4 rings (SSSR count). The lowest BCUT2D eigenvalue weighted by molar-refractivity contribution is -0.135. The van der Waals surface area contributed by atoms with E-state index in [1.165, 1.54) is 0 Å². The van der Waals surface area contributed by atoms with Crippen molar-refractivity contribution in [3.8, 4) is 5.75 Å². The fourth-order valence-electron chi connectivity index (χ4n) is 3.18. The minimum atomic E-state index is -1.09. The predicted molar refractivity (Wildman–Crippen MR) is 107 cm³/mol. The average molecular weight is 401 g/mol. The number of halogens is 1. The van der Waals surface area contributed by atoms with Crippen molar-refractivity contribution in [2.24, 2.45) is 5.16 Å². The van der Waals surface area contributed by atoms with Crippen LogP contribution in [0, 0.1) is 0 Å². The zero-order valence-corrected chi connectivity index (χ0v) is 16.2. The van der Waals surface area contributed by atoms with Crippen molar-refractivity contribution >= 4 is 28.9 Å². The van der Waals surface area contributed by atoms with Crippen molar-refractivity contribution in [1.82, 2.24) is 0 Å². The summed E-state index contributed by atoms with van der Waals surface area (Å²) in [5.41, 5.74) is 1.00. The second kappa shape index (κ2) is 7.81. The van der Waals surface area contributed by atoms with E-state index in [1.54, 1.807) is 25.1 Å². The van der Waals surface area contributed by atoms with Gasteiger partial charge >= 0.3 is 0 Å². The van der Waals surface area contributed by atoms with Crippen LogP contribution in [0.4, 0.5) is 5.69 Å². The number of oxime groups is 1. The van der Waals surface area contributed by atoms with Crippen LogP contribution in [0.5, 0.6) is 5.75 Å². The third kappa shape index (κ3) is 3.98. The van der Waals surface area contributed by atoms with Crippen LogP contribution in [0.3, 0.4) is 0 Å². The molecule has 146 valence electrons. The Balaban J connectivity index is 1.37. The van der Waals surface area contributed by atoms with Gasteiger partial charge in [0, 0.05) is 29.1 Å². The van der Waals surface area contributed by atoms with Crippen LogP contribution >= 0.6 is 11.6 Å². The zero-order chi connectivity index (χ0) is 19.6. The van der Waals surface area contributed by atoms with Gasteiger partial charge in [-0.05, 0) is 37.3 Å². The van der Waals surface area contributed by atoms with Crippen molar-refractivity contribution in [2.45, 2.75) is 31.5 Å². The number of carbonyl (C=O) groups is 1. The van der Waals surface area contributed by atoms with Gasteiger partial charge in [-0.15, -0.1) is 0 Å². The highest BCUT2D eigenvalue weighted by Gasteiger charge is 2.42. The number of nitrogens with one attached hydrogen (secondary N) is 1. The van der Waals surface area contributed by atoms with Gasteiger partial charge in [0.25, 0.3) is 5.91 Å². The minimum Gasteiger partial charge on any atom is -0.488 e. The van der Waals surface area contributed by atoms with Crippen molar-refractivity contribution in [2.75, 3.05) is 18.5 Å². The lowest BCUT2D eigenvalue weighted by Crippen LogP contribution is -2.40. The largest absolute Gasteiger partial charge is 0.488 e. The molecule has 1 fully saturated rings. The van der Waals surface area contributed by atoms with Gasteiger partial charge in [0.1, 0.15) is 11.9 Å². The first-order chi connectivity index (χ1) is 13.5. The van der Waals surface area contributed by atoms with Crippen LogP contribution in [0.1, 0.15) is 25.3 Å². The normalized spacial score (nSPS) is 23.8. The van der Waals surface area contributed by atoms with E-state index in [4.69, 9.17) is 25.9 Å². The van der Waals surface area contributed by atoms with Crippen molar-refractivity contribution in [3.63, 3.8) is 0 Å². The van der Waals surface area contributed by atoms with Crippen LogP contribution in [0.25, 0.3) is 0 Å². The maximum Gasteiger partial charge on any atom is 0.271 e. The summed E-state index contributed by atoms with van der Waals surface area (Å²) in [5, 5.41) is 7.56. The van der Waals surface area contributed by atoms with Gasteiger partial charge in [0.2, 0.25) is 5.60 Å². The second-order valence-electron chi connectivity index (χ2n) is 7.10. The van der Waals surface area contributed by atoms with E-state index < -0.39 is 5.60 Å². The van der Waals surface area contributed by atoms with Crippen LogP contribution in [-0.2, 0) is 14.4 Å². The summed E-state index contributed by atoms with van der Waals surface area (Å²) in [5.74, 6) is 0.484. The summed E-state index contributed by atoms with van der Waals surface area (Å²) in [6.45, 7) is 3.06. The first-order valence-corrected chi connectivity index (χ1v) is 9.57. The Morgan fingerprint density at radius 1 is 1.25 bits per heavy atom. The van der Waals surface area contributed by atoms with Gasteiger partial charge in [-0.2, -0.15) is 0 Å². The minimum absolute atomic E-state index is 0.0895. The highest BCUT2D eigenvalue weighted by atomic mass is 35.5. The topological polar surface area (TPSA) is 69.2 Å². The van der Waals surface area contributed by atoms with Crippen LogP contribution in [0.2, 0.25) is 5.02 Å². The molecule has 2 heterocycles. The number of hydrogen-bond donors (Lipinski definition) is 1. The van der Waals surface area contributed by atoms with E-state index in [9.17, 15) is 4.79 Å². The quantitative estimate of drug-likeness (QED) is 0.822. The second-order valence-corrected chi connectivity index (χ2v) is 7.51. The third-order valence-corrected chi connectivity index (χ3v) is 5.16. The van der Waals surface area contributed by atoms with Crippen LogP contribution < -0.4 is 10.1 Å². The molecule has 28 heavy (non-hydrogen) atoms. The summed E-state index contributed by atoms with van der Waals surface area (Å²) in [4.78, 5) is 18.3. The molecule has 2 atom stereocenters. The molecule has 2 aliphatic rings. The Morgan fingerprint density at radius 2 is 2.04 bits per heavy atom. The summed E-state index contributed by atoms with van der Waals surface area (Å²) >= 11 is 6.23. The van der Waals surface area contributed by atoms with Gasteiger partial charge in [-0.1, -0.05) is 35.0 Å². The summed E-state index contributed by atoms with van der Waals surface area (Å²) in [7, 11) is 0. The van der Waals surface area contributed by atoms with E-state index in [0.717, 1.165) is 24.3 Å². The fourth-order valence-corrected chi connectivity index (χ4v) is 3.42. The Labute approximate surface area is 168 Å². The van der Waals surface area contributed by atoms with Gasteiger partial charge in [-0.3, -0.25) is 4.79 Å². The molecule has 0 bridgehead atoms. The number of amides is 1. The fraction of sp³-hybridized carbons (Fsp3) is 0.333. The standard InChI is InChI=1S/C21H21ClN2O4/c1-21(12-19(24-28-21)17-4-2-3-5-18(17)22)20(25)23-14-6-8-15(9-7-14)27-16-10-11-26-13-16/h2-9,16H,10-13H2,1H3,(H,23,25). The maximum absolute atomic E-state index is 12.8. The first kappa shape index (κ1) is 18.8. The molecule has 0 aromatic heterocycles. The Kier molecular flexibility index (Phi) is 5.24. The molecule has 0 saturated carbocycles. The molecule has 1 saturated heterocycles. The number of rotatable bonds is 5. The third-order valence-electron chi connectivity index (χ3n) is 4.83. The molecule has 6 nitrogen and oxygen atoms in total. The lowest BCUT2D eigenvalue weighted by Gasteiger charge is -2.20. The number of benzene rings is 2. The molecule has 2 aromatic carbocycles. The van der Waals surface area contributed by atoms with Crippen molar-refractivity contribution in [3.05, 3.63) is 59.1 Å². The number of hydrogen-bond acceptors (Lipinski definition) is 5. The van der Waals surface area contributed by atoms with Crippen LogP contribution in [-0.4, -0.2) is 36.5 Å². The zero-order valence-electron chi connectivity index (χ0n) is 15.5. The highest BCUT2D eigenvalue weighted by molar-refractivity contribution is 6.34. The van der Waals surface area contributed by atoms with E-state index in [-0.39, 0.29) is 12.0 Å². The van der Waals surface area contributed by atoms with Crippen molar-refractivity contribution in [1.29, 1.82) is 0 Å². The smallest absolute Gasteiger partial charge is 0.271 e. The lowest BCUT2D eigenvalue weighted by atomic mass is 9.95. The SMILES string of the molecule is CC1(C(=O)Nc2ccc(OC3CCOC3)cc2)CC(c2ccccc2Cl)=NO1. The number of nitrogens with zero attached hydrogens (tertiary/aromatic N) is 1. The number of ether oxygens (including phenoxy) is 2.